The summed E-state index contributed by atoms with van der Waals surface area (Å²) in [6, 6.07) is 0.0873. The van der Waals surface area contributed by atoms with E-state index < -0.39 is 0 Å². The van der Waals surface area contributed by atoms with Gasteiger partial charge in [-0.05, 0) is 44.2 Å². The lowest BCUT2D eigenvalue weighted by Crippen LogP contribution is -2.33. The average molecular weight is 264 g/mol. The van der Waals surface area contributed by atoms with Crippen LogP contribution in [0.5, 0.6) is 0 Å². The molecule has 1 aliphatic rings. The van der Waals surface area contributed by atoms with E-state index in [1.807, 2.05) is 24.1 Å². The predicted molar refractivity (Wildman–Crippen MR) is 78.8 cm³/mol. The molecule has 1 aromatic rings. The van der Waals surface area contributed by atoms with Crippen molar-refractivity contribution < 1.29 is 0 Å². The summed E-state index contributed by atoms with van der Waals surface area (Å²) in [5.41, 5.74) is 7.44. The molecule has 0 bridgehead atoms. The van der Waals surface area contributed by atoms with E-state index in [0.717, 1.165) is 23.9 Å². The van der Waals surface area contributed by atoms with E-state index in [1.165, 1.54) is 32.4 Å². The van der Waals surface area contributed by atoms with Crippen LogP contribution < -0.4 is 5.73 Å². The first-order valence-electron chi connectivity index (χ1n) is 7.52. The predicted octanol–water partition coefficient (Wildman–Crippen LogP) is 2.18. The molecular weight excluding hydrogens is 236 g/mol. The number of aromatic nitrogens is 2. The van der Waals surface area contributed by atoms with E-state index in [2.05, 4.69) is 23.8 Å². The third kappa shape index (κ3) is 4.05. The third-order valence-electron chi connectivity index (χ3n) is 4.42. The van der Waals surface area contributed by atoms with Crippen molar-refractivity contribution in [2.75, 3.05) is 19.6 Å². The van der Waals surface area contributed by atoms with Gasteiger partial charge in [-0.3, -0.25) is 4.68 Å². The molecule has 2 atom stereocenters. The minimum absolute atomic E-state index is 0.0873. The van der Waals surface area contributed by atoms with Crippen molar-refractivity contribution in [3.8, 4) is 0 Å². The second-order valence-corrected chi connectivity index (χ2v) is 6.29. The van der Waals surface area contributed by atoms with Crippen molar-refractivity contribution in [2.24, 2.45) is 24.6 Å². The Hall–Kier alpha value is -0.870. The summed E-state index contributed by atoms with van der Waals surface area (Å²) in [7, 11) is 1.94. The Kier molecular flexibility index (Phi) is 4.99. The van der Waals surface area contributed by atoms with Gasteiger partial charge in [0, 0.05) is 31.4 Å². The van der Waals surface area contributed by atoms with Crippen LogP contribution in [0.2, 0.25) is 0 Å². The molecule has 0 amide bonds. The topological polar surface area (TPSA) is 47.1 Å². The summed E-state index contributed by atoms with van der Waals surface area (Å²) in [4.78, 5) is 2.53. The van der Waals surface area contributed by atoms with Crippen LogP contribution in [0.15, 0.2) is 12.4 Å². The van der Waals surface area contributed by atoms with E-state index >= 15 is 0 Å². The molecule has 1 aromatic heterocycles. The number of hydrogen-bond acceptors (Lipinski definition) is 3. The molecule has 1 saturated heterocycles. The zero-order valence-corrected chi connectivity index (χ0v) is 12.5. The van der Waals surface area contributed by atoms with Gasteiger partial charge in [-0.15, -0.1) is 0 Å². The number of hydrogen-bond donors (Lipinski definition) is 1. The summed E-state index contributed by atoms with van der Waals surface area (Å²) in [6.45, 7) is 8.04. The fraction of sp³-hybridized carbons (Fsp3) is 0.800. The lowest BCUT2D eigenvalue weighted by atomic mass is 9.89. The summed E-state index contributed by atoms with van der Waals surface area (Å²) < 4.78 is 1.83. The standard InChI is InChI=1S/C15H28N4/c1-12(2)13-5-4-7-19(8-6-13)11-15(16)14-9-17-18(3)10-14/h9-10,12-13,15H,4-8,11,16H2,1-3H3. The highest BCUT2D eigenvalue weighted by atomic mass is 15.2. The molecule has 0 spiro atoms. The van der Waals surface area contributed by atoms with E-state index in [0.29, 0.717) is 0 Å². The van der Waals surface area contributed by atoms with E-state index in [1.54, 1.807) is 0 Å². The number of nitrogens with zero attached hydrogens (tertiary/aromatic N) is 3. The van der Waals surface area contributed by atoms with Crippen LogP contribution in [-0.2, 0) is 7.05 Å². The Morgan fingerprint density at radius 2 is 2.16 bits per heavy atom. The van der Waals surface area contributed by atoms with Crippen molar-refractivity contribution in [1.82, 2.24) is 14.7 Å². The van der Waals surface area contributed by atoms with Gasteiger partial charge in [0.1, 0.15) is 0 Å². The highest BCUT2D eigenvalue weighted by Crippen LogP contribution is 2.25. The third-order valence-corrected chi connectivity index (χ3v) is 4.42. The molecule has 2 heterocycles. The monoisotopic (exact) mass is 264 g/mol. The van der Waals surface area contributed by atoms with Crippen LogP contribution in [0, 0.1) is 11.8 Å². The number of rotatable bonds is 4. The van der Waals surface area contributed by atoms with E-state index in [-0.39, 0.29) is 6.04 Å². The van der Waals surface area contributed by atoms with E-state index in [4.69, 9.17) is 5.73 Å². The second kappa shape index (κ2) is 6.53. The molecule has 2 unspecified atom stereocenters. The maximum Gasteiger partial charge on any atom is 0.0537 e. The smallest absolute Gasteiger partial charge is 0.0537 e. The van der Waals surface area contributed by atoms with Gasteiger partial charge in [0.15, 0.2) is 0 Å². The normalized spacial score (nSPS) is 23.5. The van der Waals surface area contributed by atoms with Crippen LogP contribution >= 0.6 is 0 Å². The van der Waals surface area contributed by atoms with Crippen molar-refractivity contribution in [3.05, 3.63) is 18.0 Å². The molecule has 19 heavy (non-hydrogen) atoms. The molecule has 2 N–H and O–H groups in total. The quantitative estimate of drug-likeness (QED) is 0.906. The highest BCUT2D eigenvalue weighted by molar-refractivity contribution is 5.10. The maximum atomic E-state index is 6.29. The minimum Gasteiger partial charge on any atom is -0.323 e. The highest BCUT2D eigenvalue weighted by Gasteiger charge is 2.21. The Balaban J connectivity index is 1.86. The van der Waals surface area contributed by atoms with Crippen molar-refractivity contribution in [1.29, 1.82) is 0 Å². The van der Waals surface area contributed by atoms with Gasteiger partial charge in [-0.2, -0.15) is 5.10 Å². The Bertz CT molecular complexity index is 385. The first kappa shape index (κ1) is 14.5. The number of likely N-dealkylation sites (tertiary alicyclic amines) is 1. The first-order chi connectivity index (χ1) is 9.06. The molecular formula is C15H28N4. The molecule has 0 radical (unpaired) electrons. The molecule has 0 saturated carbocycles. The van der Waals surface area contributed by atoms with Crippen molar-refractivity contribution in [2.45, 2.75) is 39.2 Å². The molecule has 2 rings (SSSR count). The summed E-state index contributed by atoms with van der Waals surface area (Å²) in [6.07, 6.45) is 7.91. The fourth-order valence-corrected chi connectivity index (χ4v) is 3.05. The Morgan fingerprint density at radius 1 is 1.37 bits per heavy atom. The fourth-order valence-electron chi connectivity index (χ4n) is 3.05. The van der Waals surface area contributed by atoms with Gasteiger partial charge in [-0.1, -0.05) is 13.8 Å². The average Bonchev–Trinajstić information content (AvgIpc) is 2.65. The van der Waals surface area contributed by atoms with Crippen LogP contribution in [0.1, 0.15) is 44.7 Å². The van der Waals surface area contributed by atoms with Gasteiger partial charge in [0.05, 0.1) is 6.20 Å². The van der Waals surface area contributed by atoms with Crippen LogP contribution in [0.4, 0.5) is 0 Å². The van der Waals surface area contributed by atoms with Crippen molar-refractivity contribution in [3.63, 3.8) is 0 Å². The first-order valence-corrected chi connectivity index (χ1v) is 7.52. The van der Waals surface area contributed by atoms with E-state index in [9.17, 15) is 0 Å². The van der Waals surface area contributed by atoms with Gasteiger partial charge in [0.25, 0.3) is 0 Å². The molecule has 0 aliphatic carbocycles. The Labute approximate surface area is 117 Å². The zero-order chi connectivity index (χ0) is 13.8. The maximum absolute atomic E-state index is 6.29. The molecule has 0 aromatic carbocycles. The molecule has 4 heteroatoms. The van der Waals surface area contributed by atoms with Gasteiger partial charge >= 0.3 is 0 Å². The SMILES string of the molecule is CC(C)C1CCCN(CC(N)c2cnn(C)c2)CC1. The minimum atomic E-state index is 0.0873. The molecule has 108 valence electrons. The van der Waals surface area contributed by atoms with Crippen LogP contribution in [0.3, 0.4) is 0 Å². The van der Waals surface area contributed by atoms with Gasteiger partial charge in [-0.25, -0.2) is 0 Å². The number of aryl methyl sites for hydroxylation is 1. The summed E-state index contributed by atoms with van der Waals surface area (Å²) >= 11 is 0. The van der Waals surface area contributed by atoms with Crippen molar-refractivity contribution >= 4 is 0 Å². The van der Waals surface area contributed by atoms with Crippen LogP contribution in [0.25, 0.3) is 0 Å². The Morgan fingerprint density at radius 3 is 2.79 bits per heavy atom. The molecule has 1 fully saturated rings. The largest absolute Gasteiger partial charge is 0.323 e. The molecule has 1 aliphatic heterocycles. The van der Waals surface area contributed by atoms with Gasteiger partial charge in [0.2, 0.25) is 0 Å². The summed E-state index contributed by atoms with van der Waals surface area (Å²) in [5, 5.41) is 4.20. The number of nitrogens with two attached hydrogens (primary N) is 1. The summed E-state index contributed by atoms with van der Waals surface area (Å²) in [5.74, 6) is 1.70. The lowest BCUT2D eigenvalue weighted by molar-refractivity contribution is 0.257. The second-order valence-electron chi connectivity index (χ2n) is 6.29. The van der Waals surface area contributed by atoms with Crippen LogP contribution in [-0.4, -0.2) is 34.3 Å². The lowest BCUT2D eigenvalue weighted by Gasteiger charge is -2.24. The zero-order valence-electron chi connectivity index (χ0n) is 12.5. The van der Waals surface area contributed by atoms with Gasteiger partial charge < -0.3 is 10.6 Å². The molecule has 4 nitrogen and oxygen atoms in total.